The fourth-order valence-corrected chi connectivity index (χ4v) is 5.35. The fraction of sp³-hybridized carbons (Fsp3) is 0.229. The van der Waals surface area contributed by atoms with Crippen molar-refractivity contribution in [1.82, 2.24) is 14.5 Å². The zero-order valence-electron chi connectivity index (χ0n) is 23.6. The van der Waals surface area contributed by atoms with Crippen LogP contribution in [0.2, 0.25) is 5.02 Å². The summed E-state index contributed by atoms with van der Waals surface area (Å²) >= 11 is 6.60. The fourth-order valence-electron chi connectivity index (χ4n) is 5.12. The number of rotatable bonds is 12. The summed E-state index contributed by atoms with van der Waals surface area (Å²) in [5.74, 6) is 1.96. The monoisotopic (exact) mass is 565 g/mol. The molecule has 0 fully saturated rings. The molecule has 5 rings (SSSR count). The maximum Gasteiger partial charge on any atom is 0.140 e. The minimum absolute atomic E-state index is 0.167. The van der Waals surface area contributed by atoms with Gasteiger partial charge in [-0.15, -0.1) is 0 Å². The molecule has 210 valence electrons. The number of unbranched alkanes of at least 4 members (excludes halogenated alkanes) is 1. The SMILES string of the molecule is CCCCn1c(-c2ccccc2)nc(-c2ccc(OC)cc2)c1CN(Cc1ccccc1)Cc1ccc(O)cc1Cl. The smallest absolute Gasteiger partial charge is 0.140 e. The van der Waals surface area contributed by atoms with E-state index in [1.54, 1.807) is 19.2 Å². The van der Waals surface area contributed by atoms with E-state index in [0.717, 1.165) is 65.6 Å². The Labute approximate surface area is 247 Å². The molecule has 0 spiro atoms. The van der Waals surface area contributed by atoms with Crippen molar-refractivity contribution in [2.45, 2.75) is 45.9 Å². The predicted octanol–water partition coefficient (Wildman–Crippen LogP) is 8.59. The van der Waals surface area contributed by atoms with E-state index in [0.29, 0.717) is 18.1 Å². The number of imidazole rings is 1. The van der Waals surface area contributed by atoms with Crippen LogP contribution in [0, 0.1) is 0 Å². The molecule has 1 N–H and O–H groups in total. The Kier molecular flexibility index (Phi) is 9.40. The molecule has 41 heavy (non-hydrogen) atoms. The van der Waals surface area contributed by atoms with Gasteiger partial charge in [0.1, 0.15) is 17.3 Å². The van der Waals surface area contributed by atoms with Gasteiger partial charge in [0.25, 0.3) is 0 Å². The number of halogens is 1. The minimum atomic E-state index is 0.167. The van der Waals surface area contributed by atoms with E-state index >= 15 is 0 Å². The third-order valence-corrected chi connectivity index (χ3v) is 7.61. The number of ether oxygens (including phenoxy) is 1. The highest BCUT2D eigenvalue weighted by Gasteiger charge is 2.22. The van der Waals surface area contributed by atoms with Gasteiger partial charge >= 0.3 is 0 Å². The number of aromatic nitrogens is 2. The van der Waals surface area contributed by atoms with E-state index in [2.05, 4.69) is 77.1 Å². The lowest BCUT2D eigenvalue weighted by Gasteiger charge is -2.25. The molecule has 5 aromatic rings. The number of phenols is 1. The first-order valence-electron chi connectivity index (χ1n) is 14.1. The summed E-state index contributed by atoms with van der Waals surface area (Å²) in [6, 6.07) is 34.3. The molecule has 1 heterocycles. The minimum Gasteiger partial charge on any atom is -0.508 e. The Morgan fingerprint density at radius 1 is 0.829 bits per heavy atom. The molecule has 5 nitrogen and oxygen atoms in total. The number of benzene rings is 4. The summed E-state index contributed by atoms with van der Waals surface area (Å²) in [5.41, 5.74) is 6.47. The molecule has 1 aromatic heterocycles. The molecule has 0 saturated heterocycles. The van der Waals surface area contributed by atoms with Gasteiger partial charge in [-0.3, -0.25) is 4.90 Å². The lowest BCUT2D eigenvalue weighted by molar-refractivity contribution is 0.241. The first-order chi connectivity index (χ1) is 20.1. The molecule has 4 aromatic carbocycles. The number of hydrogen-bond acceptors (Lipinski definition) is 4. The maximum absolute atomic E-state index is 9.95. The Hall–Kier alpha value is -4.06. The van der Waals surface area contributed by atoms with Crippen molar-refractivity contribution < 1.29 is 9.84 Å². The van der Waals surface area contributed by atoms with Gasteiger partial charge in [0.05, 0.1) is 18.5 Å². The lowest BCUT2D eigenvalue weighted by Crippen LogP contribution is -2.24. The predicted molar refractivity (Wildman–Crippen MR) is 167 cm³/mol. The van der Waals surface area contributed by atoms with Crippen LogP contribution >= 0.6 is 11.6 Å². The van der Waals surface area contributed by atoms with Gasteiger partial charge in [-0.1, -0.05) is 91.7 Å². The molecule has 0 aliphatic heterocycles. The van der Waals surface area contributed by atoms with E-state index in [9.17, 15) is 5.11 Å². The number of phenolic OH excluding ortho intramolecular Hbond substituents is 1. The number of nitrogens with zero attached hydrogens (tertiary/aromatic N) is 3. The first-order valence-corrected chi connectivity index (χ1v) is 14.5. The van der Waals surface area contributed by atoms with E-state index in [4.69, 9.17) is 21.3 Å². The van der Waals surface area contributed by atoms with Gasteiger partial charge < -0.3 is 14.4 Å². The Bertz CT molecular complexity index is 1550. The van der Waals surface area contributed by atoms with Crippen LogP contribution in [0.1, 0.15) is 36.6 Å². The zero-order valence-corrected chi connectivity index (χ0v) is 24.4. The maximum atomic E-state index is 9.95. The van der Waals surface area contributed by atoms with Crippen LogP contribution in [0.5, 0.6) is 11.5 Å². The molecule has 0 aliphatic rings. The van der Waals surface area contributed by atoms with Crippen molar-refractivity contribution in [3.8, 4) is 34.1 Å². The Morgan fingerprint density at radius 3 is 2.20 bits per heavy atom. The van der Waals surface area contributed by atoms with Crippen molar-refractivity contribution in [3.05, 3.63) is 125 Å². The average Bonchev–Trinajstić information content (AvgIpc) is 3.36. The van der Waals surface area contributed by atoms with Gasteiger partial charge in [0.2, 0.25) is 0 Å². The van der Waals surface area contributed by atoms with E-state index in [-0.39, 0.29) is 5.75 Å². The number of aromatic hydroxyl groups is 1. The molecule has 0 bridgehead atoms. The largest absolute Gasteiger partial charge is 0.508 e. The molecule has 6 heteroatoms. The topological polar surface area (TPSA) is 50.5 Å². The summed E-state index contributed by atoms with van der Waals surface area (Å²) < 4.78 is 7.84. The van der Waals surface area contributed by atoms with Crippen LogP contribution < -0.4 is 4.74 Å². The van der Waals surface area contributed by atoms with Crippen LogP contribution in [0.3, 0.4) is 0 Å². The summed E-state index contributed by atoms with van der Waals surface area (Å²) in [6.45, 7) is 5.11. The van der Waals surface area contributed by atoms with Crippen LogP contribution in [-0.4, -0.2) is 26.7 Å². The molecule has 0 unspecified atom stereocenters. The van der Waals surface area contributed by atoms with Gasteiger partial charge in [-0.25, -0.2) is 4.98 Å². The Morgan fingerprint density at radius 2 is 1.54 bits per heavy atom. The average molecular weight is 566 g/mol. The van der Waals surface area contributed by atoms with Crippen LogP contribution in [-0.2, 0) is 26.2 Å². The molecule has 0 atom stereocenters. The second kappa shape index (κ2) is 13.5. The molecule has 0 saturated carbocycles. The second-order valence-corrected chi connectivity index (χ2v) is 10.6. The van der Waals surface area contributed by atoms with Crippen LogP contribution in [0.4, 0.5) is 0 Å². The van der Waals surface area contributed by atoms with Crippen LogP contribution in [0.15, 0.2) is 103 Å². The highest BCUT2D eigenvalue weighted by molar-refractivity contribution is 6.31. The summed E-state index contributed by atoms with van der Waals surface area (Å²) in [4.78, 5) is 7.69. The third kappa shape index (κ3) is 6.99. The van der Waals surface area contributed by atoms with Crippen molar-refractivity contribution in [2.75, 3.05) is 7.11 Å². The lowest BCUT2D eigenvalue weighted by atomic mass is 10.1. The van der Waals surface area contributed by atoms with Crippen molar-refractivity contribution in [3.63, 3.8) is 0 Å². The van der Waals surface area contributed by atoms with Crippen molar-refractivity contribution in [1.29, 1.82) is 0 Å². The van der Waals surface area contributed by atoms with E-state index in [1.165, 1.54) is 5.56 Å². The number of hydrogen-bond donors (Lipinski definition) is 1. The zero-order chi connectivity index (χ0) is 28.6. The number of methoxy groups -OCH3 is 1. The van der Waals surface area contributed by atoms with Crippen LogP contribution in [0.25, 0.3) is 22.6 Å². The quantitative estimate of drug-likeness (QED) is 0.164. The van der Waals surface area contributed by atoms with E-state index in [1.807, 2.05) is 30.3 Å². The van der Waals surface area contributed by atoms with Crippen molar-refractivity contribution in [2.24, 2.45) is 0 Å². The van der Waals surface area contributed by atoms with Gasteiger partial charge in [-0.05, 0) is 53.9 Å². The second-order valence-electron chi connectivity index (χ2n) is 10.2. The summed E-state index contributed by atoms with van der Waals surface area (Å²) in [5, 5.41) is 10.5. The van der Waals surface area contributed by atoms with E-state index < -0.39 is 0 Å². The normalized spacial score (nSPS) is 11.2. The highest BCUT2D eigenvalue weighted by atomic mass is 35.5. The molecule has 0 radical (unpaired) electrons. The molecule has 0 aliphatic carbocycles. The standard InChI is InChI=1S/C35H36ClN3O2/c1-3-4-21-39-33(25-38(23-26-11-7-5-8-12-26)24-29-15-18-30(40)22-32(29)36)34(27-16-19-31(41-2)20-17-27)37-35(39)28-13-9-6-10-14-28/h5-20,22,40H,3-4,21,23-25H2,1-2H3. The third-order valence-electron chi connectivity index (χ3n) is 7.26. The molecular weight excluding hydrogens is 530 g/mol. The summed E-state index contributed by atoms with van der Waals surface area (Å²) in [7, 11) is 1.68. The van der Waals surface area contributed by atoms with Crippen molar-refractivity contribution >= 4 is 11.6 Å². The molecule has 0 amide bonds. The highest BCUT2D eigenvalue weighted by Crippen LogP contribution is 2.33. The molecular formula is C35H36ClN3O2. The van der Waals surface area contributed by atoms with Gasteiger partial charge in [0.15, 0.2) is 0 Å². The Balaban J connectivity index is 1.63. The summed E-state index contributed by atoms with van der Waals surface area (Å²) in [6.07, 6.45) is 2.13. The van der Waals surface area contributed by atoms with Gasteiger partial charge in [0, 0.05) is 42.3 Å². The first kappa shape index (κ1) is 28.5. The van der Waals surface area contributed by atoms with Gasteiger partial charge in [-0.2, -0.15) is 0 Å².